The lowest BCUT2D eigenvalue weighted by molar-refractivity contribution is -0.113. The maximum absolute atomic E-state index is 10.9. The van der Waals surface area contributed by atoms with E-state index in [1.165, 1.54) is 30.4 Å². The summed E-state index contributed by atoms with van der Waals surface area (Å²) in [6, 6.07) is 29.1. The maximum atomic E-state index is 10.9. The summed E-state index contributed by atoms with van der Waals surface area (Å²) in [5.41, 5.74) is 9.93. The number of anilines is 1. The van der Waals surface area contributed by atoms with Gasteiger partial charge in [-0.25, -0.2) is 4.98 Å². The monoisotopic (exact) mass is 814 g/mol. The molecule has 5 aromatic rings. The number of hydrogen-bond acceptors (Lipinski definition) is 6. The average Bonchev–Trinajstić information content (AvgIpc) is 3.51. The predicted octanol–water partition coefficient (Wildman–Crippen LogP) is 12.0. The number of benzene rings is 4. The fourth-order valence-electron chi connectivity index (χ4n) is 3.42. The first-order valence-electron chi connectivity index (χ1n) is 14.3. The smallest absolute Gasteiger partial charge is 0.180 e. The molecular formula is C38H31BrCl4N2O3S. The standard InChI is InChI=1S/C11H9ClN2S.C10H8BrClO.C10H9ClO.C7H5ClO/c12-9-3-1-2-8(6-9)4-5-10-7-15-11(13)14-10;11-7-10(13)5-4-8-2-1-3-9(12)6-8;1-8(12)5-6-9-3-2-4-10(11)7-9;8-7-3-1-2-6(4-7)5-9/h1-7H,(H2,13,14);1-6H,7H2;2-7H,1H3;1-5H/b2*5-4+;6-5+;. The molecule has 0 spiro atoms. The molecule has 5 rings (SSSR count). The lowest BCUT2D eigenvalue weighted by Gasteiger charge is -1.92. The Labute approximate surface area is 318 Å². The zero-order chi connectivity index (χ0) is 36.0. The first-order valence-corrected chi connectivity index (χ1v) is 17.8. The van der Waals surface area contributed by atoms with Crippen LogP contribution in [-0.2, 0) is 9.59 Å². The number of halogens is 5. The molecule has 0 aliphatic rings. The Morgan fingerprint density at radius 1 is 0.694 bits per heavy atom. The van der Waals surface area contributed by atoms with Crippen molar-refractivity contribution < 1.29 is 14.4 Å². The normalized spacial score (nSPS) is 10.4. The SMILES string of the molecule is CC(=O)/C=C/c1cccc(Cl)c1.Nc1nc(/C=C/c2cccc(Cl)c2)cs1.O=C(/C=C/c1cccc(Cl)c1)CBr.O=Cc1cccc(Cl)c1. The summed E-state index contributed by atoms with van der Waals surface area (Å²) in [5, 5.41) is 5.53. The van der Waals surface area contributed by atoms with Crippen LogP contribution in [0.25, 0.3) is 24.3 Å². The van der Waals surface area contributed by atoms with Gasteiger partial charge in [-0.3, -0.25) is 14.4 Å². The number of ketones is 2. The number of aromatic nitrogens is 1. The second kappa shape index (κ2) is 23.5. The second-order valence-corrected chi connectivity index (χ2v) is 12.9. The van der Waals surface area contributed by atoms with Gasteiger partial charge in [0.2, 0.25) is 0 Å². The van der Waals surface area contributed by atoms with Gasteiger partial charge in [-0.1, -0.05) is 129 Å². The Bertz CT molecular complexity index is 1910. The maximum Gasteiger partial charge on any atom is 0.180 e. The van der Waals surface area contributed by atoms with Gasteiger partial charge < -0.3 is 5.73 Å². The molecule has 0 aliphatic carbocycles. The summed E-state index contributed by atoms with van der Waals surface area (Å²) in [6.07, 6.45) is 11.2. The van der Waals surface area contributed by atoms with Crippen LogP contribution in [0.15, 0.2) is 115 Å². The third-order valence-electron chi connectivity index (χ3n) is 5.62. The van der Waals surface area contributed by atoms with Crippen molar-refractivity contribution in [1.82, 2.24) is 4.98 Å². The highest BCUT2D eigenvalue weighted by Gasteiger charge is 1.95. The Balaban J connectivity index is 0.000000230. The number of thiazole rings is 1. The number of nitrogens with zero attached hydrogens (tertiary/aromatic N) is 1. The zero-order valence-corrected chi connectivity index (χ0v) is 31.5. The van der Waals surface area contributed by atoms with Gasteiger partial charge in [0.05, 0.1) is 11.0 Å². The number of allylic oxidation sites excluding steroid dienone is 2. The quantitative estimate of drug-likeness (QED) is 0.0957. The summed E-state index contributed by atoms with van der Waals surface area (Å²) in [5.74, 6) is 0.0787. The van der Waals surface area contributed by atoms with E-state index in [1.807, 2.05) is 66.1 Å². The van der Waals surface area contributed by atoms with E-state index in [4.69, 9.17) is 52.1 Å². The van der Waals surface area contributed by atoms with E-state index in [0.29, 0.717) is 31.1 Å². The lowest BCUT2D eigenvalue weighted by Crippen LogP contribution is -1.90. The Morgan fingerprint density at radius 3 is 1.49 bits per heavy atom. The van der Waals surface area contributed by atoms with Gasteiger partial charge in [0.15, 0.2) is 16.7 Å². The van der Waals surface area contributed by atoms with Crippen LogP contribution >= 0.6 is 73.7 Å². The fraction of sp³-hybridized carbons (Fsp3) is 0.0526. The molecule has 11 heteroatoms. The van der Waals surface area contributed by atoms with E-state index in [2.05, 4.69) is 20.9 Å². The highest BCUT2D eigenvalue weighted by atomic mass is 79.9. The summed E-state index contributed by atoms with van der Waals surface area (Å²) < 4.78 is 0. The van der Waals surface area contributed by atoms with E-state index in [9.17, 15) is 14.4 Å². The molecule has 1 aromatic heterocycles. The molecule has 0 amide bonds. The molecule has 0 fully saturated rings. The second-order valence-electron chi connectivity index (χ2n) is 9.66. The molecule has 0 bridgehead atoms. The molecule has 0 aliphatic heterocycles. The van der Waals surface area contributed by atoms with Gasteiger partial charge in [-0.15, -0.1) is 11.3 Å². The molecule has 1 heterocycles. The molecule has 0 saturated heterocycles. The largest absolute Gasteiger partial charge is 0.375 e. The molecule has 5 nitrogen and oxygen atoms in total. The van der Waals surface area contributed by atoms with Crippen molar-refractivity contribution in [1.29, 1.82) is 0 Å². The number of nitrogen functional groups attached to an aromatic ring is 1. The molecule has 49 heavy (non-hydrogen) atoms. The minimum Gasteiger partial charge on any atom is -0.375 e. The molecular weight excluding hydrogens is 786 g/mol. The van der Waals surface area contributed by atoms with Crippen molar-refractivity contribution in [2.75, 3.05) is 11.1 Å². The molecule has 252 valence electrons. The van der Waals surface area contributed by atoms with Crippen molar-refractivity contribution in [3.63, 3.8) is 0 Å². The van der Waals surface area contributed by atoms with Gasteiger partial charge >= 0.3 is 0 Å². The van der Waals surface area contributed by atoms with Crippen LogP contribution in [0.5, 0.6) is 0 Å². The number of hydrogen-bond donors (Lipinski definition) is 1. The van der Waals surface area contributed by atoms with Crippen molar-refractivity contribution in [2.24, 2.45) is 0 Å². The Hall–Kier alpha value is -3.82. The van der Waals surface area contributed by atoms with E-state index in [1.54, 1.807) is 60.7 Å². The van der Waals surface area contributed by atoms with Crippen LogP contribution in [-0.4, -0.2) is 28.2 Å². The van der Waals surface area contributed by atoms with Gasteiger partial charge in [0.1, 0.15) is 6.29 Å². The minimum absolute atomic E-state index is 0.0370. The van der Waals surface area contributed by atoms with E-state index < -0.39 is 0 Å². The van der Waals surface area contributed by atoms with Gasteiger partial charge in [-0.05, 0) is 90.4 Å². The Morgan fingerprint density at radius 2 is 1.12 bits per heavy atom. The first kappa shape index (κ1) is 41.4. The van der Waals surface area contributed by atoms with Crippen LogP contribution in [0, 0.1) is 0 Å². The number of carbonyl (C=O) groups is 3. The van der Waals surface area contributed by atoms with E-state index in [-0.39, 0.29) is 11.6 Å². The topological polar surface area (TPSA) is 90.1 Å². The van der Waals surface area contributed by atoms with Gasteiger partial charge in [-0.2, -0.15) is 0 Å². The van der Waals surface area contributed by atoms with Crippen molar-refractivity contribution in [3.8, 4) is 0 Å². The highest BCUT2D eigenvalue weighted by Crippen LogP contribution is 2.16. The van der Waals surface area contributed by atoms with Crippen molar-refractivity contribution in [3.05, 3.63) is 163 Å². The van der Waals surface area contributed by atoms with Gasteiger partial charge in [0.25, 0.3) is 0 Å². The number of aldehydes is 1. The summed E-state index contributed by atoms with van der Waals surface area (Å²) in [7, 11) is 0. The highest BCUT2D eigenvalue weighted by molar-refractivity contribution is 9.09. The minimum atomic E-state index is 0.0370. The molecule has 2 N–H and O–H groups in total. The van der Waals surface area contributed by atoms with E-state index in [0.717, 1.165) is 33.7 Å². The van der Waals surface area contributed by atoms with Crippen molar-refractivity contribution >= 4 is 121 Å². The first-order chi connectivity index (χ1) is 23.5. The van der Waals surface area contributed by atoms with Crippen LogP contribution in [0.3, 0.4) is 0 Å². The lowest BCUT2D eigenvalue weighted by atomic mass is 10.2. The third-order valence-corrected chi connectivity index (χ3v) is 7.81. The van der Waals surface area contributed by atoms with Crippen LogP contribution in [0.1, 0.15) is 39.7 Å². The zero-order valence-electron chi connectivity index (χ0n) is 26.1. The fourth-order valence-corrected chi connectivity index (χ4v) is 4.93. The molecule has 0 unspecified atom stereocenters. The van der Waals surface area contributed by atoms with E-state index >= 15 is 0 Å². The summed E-state index contributed by atoms with van der Waals surface area (Å²) in [6.45, 7) is 1.51. The third kappa shape index (κ3) is 19.1. The molecule has 4 aromatic carbocycles. The van der Waals surface area contributed by atoms with Crippen molar-refractivity contribution in [2.45, 2.75) is 6.92 Å². The molecule has 0 saturated carbocycles. The molecule has 0 atom stereocenters. The molecule has 0 radical (unpaired) electrons. The van der Waals surface area contributed by atoms with Crippen LogP contribution in [0.2, 0.25) is 20.1 Å². The predicted molar refractivity (Wildman–Crippen MR) is 214 cm³/mol. The summed E-state index contributed by atoms with van der Waals surface area (Å²) in [4.78, 5) is 35.7. The van der Waals surface area contributed by atoms with Crippen LogP contribution < -0.4 is 5.73 Å². The average molecular weight is 817 g/mol. The number of nitrogens with two attached hydrogens (primary N) is 1. The summed E-state index contributed by atoms with van der Waals surface area (Å²) >= 11 is 27.4. The number of alkyl halides is 1. The number of rotatable bonds is 8. The van der Waals surface area contributed by atoms with Gasteiger partial charge in [0, 0.05) is 31.0 Å². The van der Waals surface area contributed by atoms with Crippen LogP contribution in [0.4, 0.5) is 5.13 Å². The Kier molecular flexibility index (Phi) is 19.8. The number of carbonyl (C=O) groups excluding carboxylic acids is 3.